The van der Waals surface area contributed by atoms with Crippen molar-refractivity contribution >= 4 is 40.3 Å². The third kappa shape index (κ3) is 7.11. The molecule has 0 aromatic heterocycles. The molecule has 0 spiro atoms. The first-order chi connectivity index (χ1) is 15.0. The van der Waals surface area contributed by atoms with Gasteiger partial charge in [0.05, 0.1) is 0 Å². The number of aliphatic imine (C=N–C) groups is 1. The van der Waals surface area contributed by atoms with Gasteiger partial charge in [-0.3, -0.25) is 14.6 Å². The Hall–Kier alpha value is -2.31. The molecule has 3 rings (SSSR count). The predicted octanol–water partition coefficient (Wildman–Crippen LogP) is 5.53. The van der Waals surface area contributed by atoms with Gasteiger partial charge in [0.1, 0.15) is 6.54 Å². The van der Waals surface area contributed by atoms with Crippen LogP contribution in [0.2, 0.25) is 5.02 Å². The normalized spacial score (nSPS) is 14.5. The number of ketones is 1. The van der Waals surface area contributed by atoms with E-state index in [4.69, 9.17) is 11.6 Å². The van der Waals surface area contributed by atoms with Crippen LogP contribution in [0.5, 0.6) is 0 Å². The van der Waals surface area contributed by atoms with Gasteiger partial charge in [0, 0.05) is 35.3 Å². The minimum absolute atomic E-state index is 0.0733. The van der Waals surface area contributed by atoms with Gasteiger partial charge in [0.25, 0.3) is 0 Å². The number of carbonyl (C=O) groups excluding carboxylic acids is 1. The first-order valence-corrected chi connectivity index (χ1v) is 11.9. The standard InChI is InChI=1S/C24H27ClN2O3S/c25-21-13-7-4-10-19(21)17-27(20-11-5-6-12-20)24(26-16-23(29)30)31-15-14-22(28)18-8-2-1-3-9-18/h1-4,7-10,13,20H,5-6,11-12,14-17H2,(H,29,30)/b26-24-. The number of Topliss-reactive ketones (excluding diaryl/α,β-unsaturated/α-hetero) is 1. The number of carboxylic acid groups (broad SMARTS) is 1. The minimum Gasteiger partial charge on any atom is -0.480 e. The second-order valence-corrected chi connectivity index (χ2v) is 9.01. The average Bonchev–Trinajstić information content (AvgIpc) is 3.31. The maximum absolute atomic E-state index is 12.5. The van der Waals surface area contributed by atoms with Crippen molar-refractivity contribution in [3.05, 3.63) is 70.7 Å². The molecule has 0 amide bonds. The Morgan fingerprint density at radius 1 is 1.06 bits per heavy atom. The third-order valence-corrected chi connectivity index (χ3v) is 6.71. The van der Waals surface area contributed by atoms with Crippen LogP contribution in [0.4, 0.5) is 0 Å². The second kappa shape index (κ2) is 11.9. The van der Waals surface area contributed by atoms with Gasteiger partial charge in [-0.1, -0.05) is 84.7 Å². The molecule has 0 radical (unpaired) electrons. The highest BCUT2D eigenvalue weighted by molar-refractivity contribution is 8.13. The van der Waals surface area contributed by atoms with Crippen molar-refractivity contribution in [3.8, 4) is 0 Å². The molecule has 31 heavy (non-hydrogen) atoms. The Labute approximate surface area is 192 Å². The number of hydrogen-bond acceptors (Lipinski definition) is 4. The van der Waals surface area contributed by atoms with E-state index in [1.54, 1.807) is 0 Å². The van der Waals surface area contributed by atoms with E-state index >= 15 is 0 Å². The molecule has 2 aromatic carbocycles. The van der Waals surface area contributed by atoms with Crippen molar-refractivity contribution in [2.75, 3.05) is 12.3 Å². The summed E-state index contributed by atoms with van der Waals surface area (Å²) in [7, 11) is 0. The highest BCUT2D eigenvalue weighted by atomic mass is 35.5. The van der Waals surface area contributed by atoms with Crippen LogP contribution in [-0.4, -0.2) is 45.3 Å². The summed E-state index contributed by atoms with van der Waals surface area (Å²) >= 11 is 7.86. The lowest BCUT2D eigenvalue weighted by molar-refractivity contribution is -0.135. The fraction of sp³-hybridized carbons (Fsp3) is 0.375. The van der Waals surface area contributed by atoms with Crippen molar-refractivity contribution in [2.45, 2.75) is 44.7 Å². The lowest BCUT2D eigenvalue weighted by Gasteiger charge is -2.32. The molecule has 0 aliphatic heterocycles. The van der Waals surface area contributed by atoms with Gasteiger partial charge in [-0.25, -0.2) is 0 Å². The summed E-state index contributed by atoms with van der Waals surface area (Å²) in [5.74, 6) is -0.357. The summed E-state index contributed by atoms with van der Waals surface area (Å²) in [5.41, 5.74) is 1.68. The molecule has 1 aliphatic carbocycles. The number of carbonyl (C=O) groups is 2. The summed E-state index contributed by atoms with van der Waals surface area (Å²) in [6.07, 6.45) is 4.74. The smallest absolute Gasteiger partial charge is 0.325 e. The minimum atomic E-state index is -0.970. The van der Waals surface area contributed by atoms with E-state index in [2.05, 4.69) is 9.89 Å². The SMILES string of the molecule is O=C(O)C/N=C(\SCCC(=O)c1ccccc1)N(Cc1ccccc1Cl)C1CCCC1. The zero-order valence-corrected chi connectivity index (χ0v) is 18.9. The van der Waals surface area contributed by atoms with Crippen LogP contribution in [-0.2, 0) is 11.3 Å². The summed E-state index contributed by atoms with van der Waals surface area (Å²) in [5, 5.41) is 10.6. The number of nitrogens with zero attached hydrogens (tertiary/aromatic N) is 2. The topological polar surface area (TPSA) is 70.0 Å². The monoisotopic (exact) mass is 458 g/mol. The van der Waals surface area contributed by atoms with Crippen LogP contribution in [0.1, 0.15) is 48.0 Å². The van der Waals surface area contributed by atoms with Gasteiger partial charge >= 0.3 is 5.97 Å². The van der Waals surface area contributed by atoms with Gasteiger partial charge in [0.2, 0.25) is 0 Å². The van der Waals surface area contributed by atoms with Gasteiger partial charge < -0.3 is 10.0 Å². The number of rotatable bonds is 9. The van der Waals surface area contributed by atoms with E-state index in [1.807, 2.05) is 54.6 Å². The Kier molecular flexibility index (Phi) is 8.98. The fourth-order valence-electron chi connectivity index (χ4n) is 3.74. The summed E-state index contributed by atoms with van der Waals surface area (Å²) in [6.45, 7) is 0.281. The first-order valence-electron chi connectivity index (χ1n) is 10.5. The van der Waals surface area contributed by atoms with Crippen LogP contribution in [0, 0.1) is 0 Å². The maximum Gasteiger partial charge on any atom is 0.325 e. The number of aliphatic carboxylic acids is 1. The molecular weight excluding hydrogens is 432 g/mol. The highest BCUT2D eigenvalue weighted by Gasteiger charge is 2.26. The first kappa shape index (κ1) is 23.4. The van der Waals surface area contributed by atoms with E-state index in [0.717, 1.165) is 31.2 Å². The van der Waals surface area contributed by atoms with Gasteiger partial charge in [-0.05, 0) is 24.5 Å². The number of benzene rings is 2. The molecule has 2 aromatic rings. The Morgan fingerprint density at radius 2 is 1.74 bits per heavy atom. The Morgan fingerprint density at radius 3 is 2.42 bits per heavy atom. The lowest BCUT2D eigenvalue weighted by Crippen LogP contribution is -2.37. The van der Waals surface area contributed by atoms with Crippen LogP contribution >= 0.6 is 23.4 Å². The molecular formula is C24H27ClN2O3S. The molecule has 1 aliphatic rings. The molecule has 0 heterocycles. The number of thioether (sulfide) groups is 1. The summed E-state index contributed by atoms with van der Waals surface area (Å²) in [6, 6.07) is 17.2. The molecule has 0 atom stereocenters. The second-order valence-electron chi connectivity index (χ2n) is 7.54. The van der Waals surface area contributed by atoms with E-state index in [1.165, 1.54) is 11.8 Å². The Balaban J connectivity index is 1.75. The van der Waals surface area contributed by atoms with Crippen LogP contribution in [0.25, 0.3) is 0 Å². The molecule has 164 valence electrons. The average molecular weight is 459 g/mol. The molecule has 1 N–H and O–H groups in total. The molecule has 1 fully saturated rings. The molecule has 5 nitrogen and oxygen atoms in total. The molecule has 0 saturated heterocycles. The number of carboxylic acids is 1. The lowest BCUT2D eigenvalue weighted by atomic mass is 10.1. The van der Waals surface area contributed by atoms with E-state index < -0.39 is 5.97 Å². The van der Waals surface area contributed by atoms with Crippen molar-refractivity contribution in [1.82, 2.24) is 4.90 Å². The predicted molar refractivity (Wildman–Crippen MR) is 127 cm³/mol. The van der Waals surface area contributed by atoms with Gasteiger partial charge in [-0.15, -0.1) is 0 Å². The number of amidine groups is 1. The molecule has 1 saturated carbocycles. The van der Waals surface area contributed by atoms with Crippen molar-refractivity contribution < 1.29 is 14.7 Å². The van der Waals surface area contributed by atoms with Crippen LogP contribution < -0.4 is 0 Å². The van der Waals surface area contributed by atoms with Crippen LogP contribution in [0.3, 0.4) is 0 Å². The zero-order chi connectivity index (χ0) is 22.1. The van der Waals surface area contributed by atoms with Crippen molar-refractivity contribution in [2.24, 2.45) is 4.99 Å². The van der Waals surface area contributed by atoms with Gasteiger partial charge in [-0.2, -0.15) is 0 Å². The molecule has 0 bridgehead atoms. The largest absolute Gasteiger partial charge is 0.480 e. The van der Waals surface area contributed by atoms with E-state index in [0.29, 0.717) is 40.5 Å². The number of hydrogen-bond donors (Lipinski definition) is 1. The highest BCUT2D eigenvalue weighted by Crippen LogP contribution is 2.30. The third-order valence-electron chi connectivity index (χ3n) is 5.32. The van der Waals surface area contributed by atoms with E-state index in [9.17, 15) is 14.7 Å². The maximum atomic E-state index is 12.5. The summed E-state index contributed by atoms with van der Waals surface area (Å²) in [4.78, 5) is 30.3. The van der Waals surface area contributed by atoms with Gasteiger partial charge in [0.15, 0.2) is 11.0 Å². The van der Waals surface area contributed by atoms with E-state index in [-0.39, 0.29) is 12.3 Å². The Bertz CT molecular complexity index is 914. The van der Waals surface area contributed by atoms with Crippen LogP contribution in [0.15, 0.2) is 59.6 Å². The molecule has 0 unspecified atom stereocenters. The number of halogens is 1. The fourth-order valence-corrected chi connectivity index (χ4v) is 4.94. The summed E-state index contributed by atoms with van der Waals surface area (Å²) < 4.78 is 0. The van der Waals surface area contributed by atoms with Crippen molar-refractivity contribution in [3.63, 3.8) is 0 Å². The zero-order valence-electron chi connectivity index (χ0n) is 17.4. The van der Waals surface area contributed by atoms with Crippen molar-refractivity contribution in [1.29, 1.82) is 0 Å². The quantitative estimate of drug-likeness (QED) is 0.304. The molecule has 7 heteroatoms.